The van der Waals surface area contributed by atoms with E-state index in [1.165, 1.54) is 50.1 Å². The van der Waals surface area contributed by atoms with Crippen LogP contribution in [0, 0.1) is 0 Å². The molecule has 0 saturated carbocycles. The number of fused-ring (bicyclic) bond motifs is 12. The second-order valence-electron chi connectivity index (χ2n) is 14.6. The first-order valence-electron chi connectivity index (χ1n) is 17.3. The van der Waals surface area contributed by atoms with Crippen LogP contribution in [0.1, 0.15) is 48.6 Å². The molecule has 49 heavy (non-hydrogen) atoms. The maximum Gasteiger partial charge on any atom is 0.0726 e. The standard InChI is InChI=1S/C47H36N2/c1-46(2,3)31-25-27-36-37-28-26-33(30-41(37)47(40(36)29-31)38-19-9-7-17-34(38)35-18-8-10-20-39(35)47)49-44-23-13-11-21-42(44)48(32-15-5-4-6-16-32)43-22-12-14-24-45(43)49/h4-30H,1-3H3. The minimum Gasteiger partial charge on any atom is -0.306 e. The molecule has 0 unspecified atom stereocenters. The number of hydrogen-bond donors (Lipinski definition) is 0. The summed E-state index contributed by atoms with van der Waals surface area (Å²) in [5.74, 6) is 0. The fourth-order valence-corrected chi connectivity index (χ4v) is 8.81. The molecule has 2 aliphatic carbocycles. The first-order valence-corrected chi connectivity index (χ1v) is 17.3. The van der Waals surface area contributed by atoms with Crippen molar-refractivity contribution in [2.45, 2.75) is 31.6 Å². The van der Waals surface area contributed by atoms with Crippen molar-refractivity contribution >= 4 is 34.1 Å². The third-order valence-electron chi connectivity index (χ3n) is 10.9. The summed E-state index contributed by atoms with van der Waals surface area (Å²) in [6, 6.07) is 61.0. The molecule has 0 N–H and O–H groups in total. The van der Waals surface area contributed by atoms with Crippen molar-refractivity contribution in [3.05, 3.63) is 192 Å². The predicted molar refractivity (Wildman–Crippen MR) is 204 cm³/mol. The second kappa shape index (κ2) is 10.1. The molecule has 0 saturated heterocycles. The fourth-order valence-electron chi connectivity index (χ4n) is 8.81. The smallest absolute Gasteiger partial charge is 0.0726 e. The summed E-state index contributed by atoms with van der Waals surface area (Å²) < 4.78 is 0. The van der Waals surface area contributed by atoms with Gasteiger partial charge in [-0.15, -0.1) is 0 Å². The van der Waals surface area contributed by atoms with Gasteiger partial charge in [0.15, 0.2) is 0 Å². The highest BCUT2D eigenvalue weighted by molar-refractivity contribution is 6.03. The van der Waals surface area contributed by atoms with Crippen LogP contribution in [0.3, 0.4) is 0 Å². The van der Waals surface area contributed by atoms with E-state index >= 15 is 0 Å². The van der Waals surface area contributed by atoms with Crippen LogP contribution in [0.4, 0.5) is 34.1 Å². The minimum absolute atomic E-state index is 0.0274. The van der Waals surface area contributed by atoms with E-state index in [-0.39, 0.29) is 5.41 Å². The zero-order valence-electron chi connectivity index (χ0n) is 28.0. The Morgan fingerprint density at radius 1 is 0.367 bits per heavy atom. The van der Waals surface area contributed by atoms with Gasteiger partial charge in [0.05, 0.1) is 28.2 Å². The highest BCUT2D eigenvalue weighted by Gasteiger charge is 2.52. The van der Waals surface area contributed by atoms with E-state index < -0.39 is 5.41 Å². The molecular weight excluding hydrogens is 593 g/mol. The Labute approximate surface area is 288 Å². The van der Waals surface area contributed by atoms with Crippen LogP contribution in [0.25, 0.3) is 22.3 Å². The van der Waals surface area contributed by atoms with Crippen molar-refractivity contribution in [2.24, 2.45) is 0 Å². The molecule has 7 aromatic carbocycles. The molecule has 0 aromatic heterocycles. The molecule has 0 amide bonds. The van der Waals surface area contributed by atoms with Crippen molar-refractivity contribution in [2.75, 3.05) is 9.80 Å². The number of nitrogens with zero attached hydrogens (tertiary/aromatic N) is 2. The van der Waals surface area contributed by atoms with Crippen molar-refractivity contribution < 1.29 is 0 Å². The molecule has 7 aromatic rings. The molecule has 3 aliphatic rings. The van der Waals surface area contributed by atoms with E-state index in [0.717, 1.165) is 34.1 Å². The van der Waals surface area contributed by atoms with Crippen LogP contribution in [0.2, 0.25) is 0 Å². The zero-order valence-corrected chi connectivity index (χ0v) is 28.0. The van der Waals surface area contributed by atoms with Gasteiger partial charge in [-0.05, 0) is 104 Å². The normalized spacial score (nSPS) is 14.5. The van der Waals surface area contributed by atoms with Crippen molar-refractivity contribution in [3.63, 3.8) is 0 Å². The van der Waals surface area contributed by atoms with Gasteiger partial charge in [-0.3, -0.25) is 0 Å². The van der Waals surface area contributed by atoms with Gasteiger partial charge >= 0.3 is 0 Å². The summed E-state index contributed by atoms with van der Waals surface area (Å²) in [6.45, 7) is 6.96. The Bertz CT molecular complexity index is 2360. The molecule has 10 rings (SSSR count). The summed E-state index contributed by atoms with van der Waals surface area (Å²) in [4.78, 5) is 4.86. The maximum atomic E-state index is 2.51. The van der Waals surface area contributed by atoms with Gasteiger partial charge in [-0.25, -0.2) is 0 Å². The van der Waals surface area contributed by atoms with Crippen LogP contribution in [-0.2, 0) is 10.8 Å². The summed E-state index contributed by atoms with van der Waals surface area (Å²) in [7, 11) is 0. The van der Waals surface area contributed by atoms with E-state index in [9.17, 15) is 0 Å². The van der Waals surface area contributed by atoms with Crippen molar-refractivity contribution in [1.29, 1.82) is 0 Å². The highest BCUT2D eigenvalue weighted by atomic mass is 15.3. The number of anilines is 6. The van der Waals surface area contributed by atoms with Crippen LogP contribution >= 0.6 is 0 Å². The van der Waals surface area contributed by atoms with Gasteiger partial charge < -0.3 is 9.80 Å². The number of rotatable bonds is 2. The highest BCUT2D eigenvalue weighted by Crippen LogP contribution is 2.64. The summed E-state index contributed by atoms with van der Waals surface area (Å²) in [5, 5.41) is 0. The molecule has 0 radical (unpaired) electrons. The summed E-state index contributed by atoms with van der Waals surface area (Å²) in [6.07, 6.45) is 0. The van der Waals surface area contributed by atoms with Gasteiger partial charge in [-0.2, -0.15) is 0 Å². The average molecular weight is 629 g/mol. The Kier molecular flexibility index (Phi) is 5.79. The number of hydrogen-bond acceptors (Lipinski definition) is 2. The quantitative estimate of drug-likeness (QED) is 0.188. The Hall–Kier alpha value is -5.86. The molecule has 0 atom stereocenters. The van der Waals surface area contributed by atoms with Gasteiger partial charge in [0.2, 0.25) is 0 Å². The van der Waals surface area contributed by atoms with Crippen LogP contribution < -0.4 is 9.80 Å². The molecule has 0 fully saturated rings. The Morgan fingerprint density at radius 3 is 1.35 bits per heavy atom. The van der Waals surface area contributed by atoms with Gasteiger partial charge in [0.1, 0.15) is 0 Å². The van der Waals surface area contributed by atoms with E-state index in [0.29, 0.717) is 0 Å². The molecule has 1 spiro atoms. The first kappa shape index (κ1) is 28.2. The second-order valence-corrected chi connectivity index (χ2v) is 14.6. The van der Waals surface area contributed by atoms with Gasteiger partial charge in [-0.1, -0.05) is 136 Å². The third-order valence-corrected chi connectivity index (χ3v) is 10.9. The van der Waals surface area contributed by atoms with Gasteiger partial charge in [0.25, 0.3) is 0 Å². The van der Waals surface area contributed by atoms with E-state index in [1.807, 2.05) is 0 Å². The van der Waals surface area contributed by atoms with E-state index in [4.69, 9.17) is 0 Å². The summed E-state index contributed by atoms with van der Waals surface area (Å²) in [5.41, 5.74) is 18.7. The molecule has 234 valence electrons. The molecule has 1 heterocycles. The molecule has 0 bridgehead atoms. The van der Waals surface area contributed by atoms with Crippen LogP contribution in [0.5, 0.6) is 0 Å². The maximum absolute atomic E-state index is 2.51. The Balaban J connectivity index is 1.26. The van der Waals surface area contributed by atoms with Crippen LogP contribution in [-0.4, -0.2) is 0 Å². The SMILES string of the molecule is CC(C)(C)c1ccc2c(c1)C1(c3ccccc3-c3ccccc31)c1cc(N3c4ccccc4N(c4ccccc4)c4ccccc43)ccc1-2. The Morgan fingerprint density at radius 2 is 0.796 bits per heavy atom. The summed E-state index contributed by atoms with van der Waals surface area (Å²) >= 11 is 0. The van der Waals surface area contributed by atoms with Crippen molar-refractivity contribution in [1.82, 2.24) is 0 Å². The first-order chi connectivity index (χ1) is 24.0. The molecule has 2 nitrogen and oxygen atoms in total. The molecular formula is C47H36N2. The average Bonchev–Trinajstić information content (AvgIpc) is 3.60. The fraction of sp³-hybridized carbons (Fsp3) is 0.106. The van der Waals surface area contributed by atoms with Gasteiger partial charge in [0, 0.05) is 11.4 Å². The monoisotopic (exact) mass is 628 g/mol. The van der Waals surface area contributed by atoms with E-state index in [1.54, 1.807) is 0 Å². The lowest BCUT2D eigenvalue weighted by atomic mass is 9.69. The number of benzene rings is 7. The van der Waals surface area contributed by atoms with E-state index in [2.05, 4.69) is 194 Å². The molecule has 1 aliphatic heterocycles. The zero-order chi connectivity index (χ0) is 32.9. The minimum atomic E-state index is -0.417. The predicted octanol–water partition coefficient (Wildman–Crippen LogP) is 12.6. The third kappa shape index (κ3) is 3.77. The van der Waals surface area contributed by atoms with Crippen LogP contribution in [0.15, 0.2) is 164 Å². The lowest BCUT2D eigenvalue weighted by Gasteiger charge is -2.40. The number of para-hydroxylation sites is 5. The largest absolute Gasteiger partial charge is 0.306 e. The molecule has 2 heteroatoms. The lowest BCUT2D eigenvalue weighted by Crippen LogP contribution is -2.27. The topological polar surface area (TPSA) is 6.48 Å². The van der Waals surface area contributed by atoms with Crippen molar-refractivity contribution in [3.8, 4) is 22.3 Å². The lowest BCUT2D eigenvalue weighted by molar-refractivity contribution is 0.588.